The summed E-state index contributed by atoms with van der Waals surface area (Å²) in [4.78, 5) is 7.37. The Balaban J connectivity index is 1.98. The highest BCUT2D eigenvalue weighted by molar-refractivity contribution is 5.57. The lowest BCUT2D eigenvalue weighted by molar-refractivity contribution is -0.137. The topological polar surface area (TPSA) is 48.9 Å². The van der Waals surface area contributed by atoms with Crippen LogP contribution in [0, 0.1) is 0 Å². The number of rotatable bonds is 1. The maximum atomic E-state index is 12.7. The average Bonchev–Trinajstić information content (AvgIpc) is 2.81. The Labute approximate surface area is 113 Å². The third-order valence-corrected chi connectivity index (χ3v) is 3.48. The second kappa shape index (κ2) is 4.63. The van der Waals surface area contributed by atoms with E-state index in [9.17, 15) is 18.3 Å². The van der Waals surface area contributed by atoms with E-state index < -0.39 is 17.8 Å². The summed E-state index contributed by atoms with van der Waals surface area (Å²) < 4.78 is 38.1. The van der Waals surface area contributed by atoms with Gasteiger partial charge in [0, 0.05) is 17.7 Å². The summed E-state index contributed by atoms with van der Waals surface area (Å²) in [6.45, 7) is 0. The zero-order valence-electron chi connectivity index (χ0n) is 10.5. The maximum absolute atomic E-state index is 12.7. The van der Waals surface area contributed by atoms with Gasteiger partial charge in [0.2, 0.25) is 0 Å². The molecule has 106 valence electrons. The molecule has 0 saturated heterocycles. The van der Waals surface area contributed by atoms with Gasteiger partial charge >= 0.3 is 6.18 Å². The molecule has 2 N–H and O–H groups in total. The average molecular weight is 282 g/mol. The van der Waals surface area contributed by atoms with Crippen molar-refractivity contribution in [1.82, 2.24) is 9.97 Å². The summed E-state index contributed by atoms with van der Waals surface area (Å²) in [5.74, 6) is 0.426. The molecule has 1 aromatic heterocycles. The molecular formula is C14H13F3N2O. The molecule has 20 heavy (non-hydrogen) atoms. The molecule has 0 saturated carbocycles. The van der Waals surface area contributed by atoms with Crippen LogP contribution in [0.3, 0.4) is 0 Å². The molecule has 1 atom stereocenters. The predicted molar refractivity (Wildman–Crippen MR) is 67.1 cm³/mol. The van der Waals surface area contributed by atoms with Crippen LogP contribution < -0.4 is 0 Å². The molecule has 1 unspecified atom stereocenters. The Morgan fingerprint density at radius 2 is 2.10 bits per heavy atom. The zero-order valence-corrected chi connectivity index (χ0v) is 10.5. The van der Waals surface area contributed by atoms with E-state index in [-0.39, 0.29) is 0 Å². The number of alkyl halides is 3. The van der Waals surface area contributed by atoms with Crippen LogP contribution in [0.1, 0.15) is 23.4 Å². The summed E-state index contributed by atoms with van der Waals surface area (Å²) in [5, 5.41) is 9.59. The highest BCUT2D eigenvalue weighted by atomic mass is 19.4. The fraction of sp³-hybridized carbons (Fsp3) is 0.357. The van der Waals surface area contributed by atoms with Crippen molar-refractivity contribution in [3.63, 3.8) is 0 Å². The molecule has 6 heteroatoms. The Morgan fingerprint density at radius 1 is 1.30 bits per heavy atom. The van der Waals surface area contributed by atoms with Gasteiger partial charge in [-0.2, -0.15) is 13.2 Å². The SMILES string of the molecule is OC1CCc2nc(-c3cccc(C(F)(F)F)c3)[nH]c2C1. The van der Waals surface area contributed by atoms with Crippen molar-refractivity contribution in [1.29, 1.82) is 0 Å². The van der Waals surface area contributed by atoms with Gasteiger partial charge < -0.3 is 10.1 Å². The highest BCUT2D eigenvalue weighted by Crippen LogP contribution is 2.32. The molecule has 0 radical (unpaired) electrons. The molecule has 3 rings (SSSR count). The minimum absolute atomic E-state index is 0.405. The number of hydrogen-bond donors (Lipinski definition) is 2. The molecule has 3 nitrogen and oxygen atoms in total. The normalized spacial score (nSPS) is 18.9. The molecule has 0 bridgehead atoms. The molecule has 2 aromatic rings. The van der Waals surface area contributed by atoms with Gasteiger partial charge in [-0.1, -0.05) is 12.1 Å². The molecule has 1 aromatic carbocycles. The molecule has 1 aliphatic rings. The molecule has 1 aliphatic carbocycles. The van der Waals surface area contributed by atoms with Gasteiger partial charge in [-0.25, -0.2) is 4.98 Å². The first kappa shape index (κ1) is 13.2. The lowest BCUT2D eigenvalue weighted by atomic mass is 9.99. The third kappa shape index (κ3) is 2.43. The summed E-state index contributed by atoms with van der Waals surface area (Å²) >= 11 is 0. The van der Waals surface area contributed by atoms with Crippen LogP contribution in [-0.2, 0) is 19.0 Å². The van der Waals surface area contributed by atoms with Crippen molar-refractivity contribution in [2.45, 2.75) is 31.5 Å². The molecule has 0 spiro atoms. The number of aliphatic hydroxyl groups excluding tert-OH is 1. The summed E-state index contributed by atoms with van der Waals surface area (Å²) in [7, 11) is 0. The monoisotopic (exact) mass is 282 g/mol. The van der Waals surface area contributed by atoms with E-state index in [4.69, 9.17) is 0 Å². The number of halogens is 3. The Kier molecular flexibility index (Phi) is 3.05. The highest BCUT2D eigenvalue weighted by Gasteiger charge is 2.30. The van der Waals surface area contributed by atoms with E-state index in [1.807, 2.05) is 0 Å². The fourth-order valence-corrected chi connectivity index (χ4v) is 2.44. The quantitative estimate of drug-likeness (QED) is 0.845. The van der Waals surface area contributed by atoms with Crippen LogP contribution in [0.2, 0.25) is 0 Å². The van der Waals surface area contributed by atoms with E-state index >= 15 is 0 Å². The standard InChI is InChI=1S/C14H13F3N2O/c15-14(16,17)9-3-1-2-8(6-9)13-18-11-5-4-10(20)7-12(11)19-13/h1-3,6,10,20H,4-5,7H2,(H,18,19). The van der Waals surface area contributed by atoms with E-state index in [0.717, 1.165) is 23.5 Å². The molecule has 1 heterocycles. The van der Waals surface area contributed by atoms with Gasteiger partial charge in [0.05, 0.1) is 17.4 Å². The first-order valence-corrected chi connectivity index (χ1v) is 6.37. The van der Waals surface area contributed by atoms with Crippen molar-refractivity contribution < 1.29 is 18.3 Å². The van der Waals surface area contributed by atoms with E-state index in [1.54, 1.807) is 6.07 Å². The minimum Gasteiger partial charge on any atom is -0.393 e. The number of fused-ring (bicyclic) bond motifs is 1. The van der Waals surface area contributed by atoms with Crippen LogP contribution in [0.5, 0.6) is 0 Å². The molecular weight excluding hydrogens is 269 g/mol. The lowest BCUT2D eigenvalue weighted by Gasteiger charge is -2.14. The second-order valence-electron chi connectivity index (χ2n) is 4.99. The molecule has 0 aliphatic heterocycles. The number of benzene rings is 1. The van der Waals surface area contributed by atoms with Crippen molar-refractivity contribution in [3.8, 4) is 11.4 Å². The van der Waals surface area contributed by atoms with Gasteiger partial charge in [0.1, 0.15) is 5.82 Å². The number of nitrogens with one attached hydrogen (secondary N) is 1. The predicted octanol–water partition coefficient (Wildman–Crippen LogP) is 2.95. The number of hydrogen-bond acceptors (Lipinski definition) is 2. The van der Waals surface area contributed by atoms with Gasteiger partial charge in [-0.15, -0.1) is 0 Å². The van der Waals surface area contributed by atoms with E-state index in [2.05, 4.69) is 9.97 Å². The fourth-order valence-electron chi connectivity index (χ4n) is 2.44. The van der Waals surface area contributed by atoms with Gasteiger partial charge in [-0.05, 0) is 25.0 Å². The first-order valence-electron chi connectivity index (χ1n) is 6.37. The van der Waals surface area contributed by atoms with E-state index in [1.165, 1.54) is 6.07 Å². The first-order chi connectivity index (χ1) is 9.43. The van der Waals surface area contributed by atoms with E-state index in [0.29, 0.717) is 30.7 Å². The molecule has 0 amide bonds. The van der Waals surface area contributed by atoms with Crippen LogP contribution in [0.4, 0.5) is 13.2 Å². The Hall–Kier alpha value is -1.82. The number of aromatic nitrogens is 2. The Bertz CT molecular complexity index is 634. The van der Waals surface area contributed by atoms with Gasteiger partial charge in [0.15, 0.2) is 0 Å². The van der Waals surface area contributed by atoms with Crippen molar-refractivity contribution in [2.24, 2.45) is 0 Å². The number of imidazole rings is 1. The third-order valence-electron chi connectivity index (χ3n) is 3.48. The van der Waals surface area contributed by atoms with Gasteiger partial charge in [-0.3, -0.25) is 0 Å². The smallest absolute Gasteiger partial charge is 0.393 e. The number of aromatic amines is 1. The summed E-state index contributed by atoms with van der Waals surface area (Å²) in [5.41, 5.74) is 1.37. The van der Waals surface area contributed by atoms with Gasteiger partial charge in [0.25, 0.3) is 0 Å². The maximum Gasteiger partial charge on any atom is 0.416 e. The van der Waals surface area contributed by atoms with Crippen molar-refractivity contribution in [3.05, 3.63) is 41.2 Å². The number of nitrogens with zero attached hydrogens (tertiary/aromatic N) is 1. The van der Waals surface area contributed by atoms with Crippen molar-refractivity contribution >= 4 is 0 Å². The Morgan fingerprint density at radius 3 is 2.85 bits per heavy atom. The van der Waals surface area contributed by atoms with Crippen LogP contribution in [0.15, 0.2) is 24.3 Å². The lowest BCUT2D eigenvalue weighted by Crippen LogP contribution is -2.18. The number of aliphatic hydroxyl groups is 1. The summed E-state index contributed by atoms with van der Waals surface area (Å²) in [6.07, 6.45) is -3.01. The zero-order chi connectivity index (χ0) is 14.3. The number of aryl methyl sites for hydroxylation is 1. The number of H-pyrrole nitrogens is 1. The minimum atomic E-state index is -4.36. The van der Waals surface area contributed by atoms with Crippen molar-refractivity contribution in [2.75, 3.05) is 0 Å². The van der Waals surface area contributed by atoms with Crippen LogP contribution >= 0.6 is 0 Å². The second-order valence-corrected chi connectivity index (χ2v) is 4.99. The molecule has 0 fully saturated rings. The largest absolute Gasteiger partial charge is 0.416 e. The van der Waals surface area contributed by atoms with Crippen LogP contribution in [0.25, 0.3) is 11.4 Å². The summed E-state index contributed by atoms with van der Waals surface area (Å²) in [6, 6.07) is 5.08. The van der Waals surface area contributed by atoms with Crippen LogP contribution in [-0.4, -0.2) is 21.2 Å².